The number of aromatic hydroxyl groups is 3. The van der Waals surface area contributed by atoms with Crippen molar-refractivity contribution in [2.24, 2.45) is 0 Å². The molecule has 0 aliphatic carbocycles. The van der Waals surface area contributed by atoms with E-state index in [1.807, 2.05) is 0 Å². The number of nitrogens with zero attached hydrogens (tertiary/aromatic N) is 6. The summed E-state index contributed by atoms with van der Waals surface area (Å²) in [7, 11) is 0. The van der Waals surface area contributed by atoms with Gasteiger partial charge in [-0.25, -0.2) is 15.0 Å². The first kappa shape index (κ1) is 27.6. The summed E-state index contributed by atoms with van der Waals surface area (Å²) in [5, 5.41) is 58.9. The fourth-order valence-electron chi connectivity index (χ4n) is 1.86. The SMILES string of the molecule is Cc1ncc(O)[n+]([O-])c1C.Cc1ncc(O)[n+]([O-])c1C.Cc1ncc(O)[n+]([O-])c1C.[Fe]. The molecular weight excluding hydrogens is 452 g/mol. The molecule has 0 aliphatic rings. The molecule has 0 aliphatic heterocycles. The van der Waals surface area contributed by atoms with Crippen LogP contribution in [0, 0.1) is 57.2 Å². The maximum atomic E-state index is 10.8. The Kier molecular flexibility index (Phi) is 10.4. The second-order valence-corrected chi connectivity index (χ2v) is 6.24. The Labute approximate surface area is 189 Å². The van der Waals surface area contributed by atoms with Gasteiger partial charge in [-0.2, -0.15) is 0 Å². The molecule has 0 unspecified atom stereocenters. The molecule has 3 aromatic heterocycles. The van der Waals surface area contributed by atoms with Gasteiger partial charge in [-0.05, 0) is 20.8 Å². The fraction of sp³-hybridized carbons (Fsp3) is 0.333. The molecule has 12 nitrogen and oxygen atoms in total. The molecule has 0 aromatic carbocycles. The van der Waals surface area contributed by atoms with Crippen molar-refractivity contribution in [3.63, 3.8) is 0 Å². The average molecular weight is 476 g/mol. The molecule has 0 radical (unpaired) electrons. The van der Waals surface area contributed by atoms with Gasteiger partial charge in [0.1, 0.15) is 35.7 Å². The minimum atomic E-state index is -0.358. The van der Waals surface area contributed by atoms with Gasteiger partial charge in [-0.3, -0.25) is 0 Å². The van der Waals surface area contributed by atoms with Gasteiger partial charge >= 0.3 is 17.6 Å². The van der Waals surface area contributed by atoms with Gasteiger partial charge in [0.2, 0.25) is 17.1 Å². The normalized spacial score (nSPS) is 9.48. The summed E-state index contributed by atoms with van der Waals surface area (Å²) in [4.78, 5) is 11.3. The second-order valence-electron chi connectivity index (χ2n) is 6.24. The molecule has 0 saturated carbocycles. The Morgan fingerprint density at radius 1 is 0.548 bits per heavy atom. The van der Waals surface area contributed by atoms with Crippen LogP contribution < -0.4 is 14.2 Å². The van der Waals surface area contributed by atoms with E-state index in [9.17, 15) is 15.6 Å². The van der Waals surface area contributed by atoms with Gasteiger partial charge in [0.25, 0.3) is 0 Å². The number of aromatic nitrogens is 6. The average Bonchev–Trinajstić information content (AvgIpc) is 2.73. The smallest absolute Gasteiger partial charge is 0.396 e. The maximum absolute atomic E-state index is 10.8. The molecule has 0 bridgehead atoms. The van der Waals surface area contributed by atoms with Crippen LogP contribution in [0.1, 0.15) is 34.2 Å². The summed E-state index contributed by atoms with van der Waals surface area (Å²) in [6, 6.07) is 0. The van der Waals surface area contributed by atoms with E-state index in [2.05, 4.69) is 15.0 Å². The van der Waals surface area contributed by atoms with E-state index in [0.717, 1.165) is 18.6 Å². The molecule has 0 atom stereocenters. The van der Waals surface area contributed by atoms with E-state index < -0.39 is 0 Å². The van der Waals surface area contributed by atoms with Crippen molar-refractivity contribution in [3.8, 4) is 17.6 Å². The van der Waals surface area contributed by atoms with Crippen molar-refractivity contribution in [1.29, 1.82) is 0 Å². The molecular formula is C18H24FeN6O6. The second kappa shape index (κ2) is 11.7. The summed E-state index contributed by atoms with van der Waals surface area (Å²) in [5.41, 5.74) is 3.19. The zero-order valence-corrected chi connectivity index (χ0v) is 18.9. The van der Waals surface area contributed by atoms with Gasteiger partial charge in [-0.1, -0.05) is 0 Å². The molecule has 170 valence electrons. The number of hydrogen-bond acceptors (Lipinski definition) is 9. The van der Waals surface area contributed by atoms with Gasteiger partial charge in [0.15, 0.2) is 0 Å². The van der Waals surface area contributed by atoms with Crippen LogP contribution in [0.3, 0.4) is 0 Å². The Bertz CT molecular complexity index is 838. The van der Waals surface area contributed by atoms with E-state index in [0.29, 0.717) is 48.4 Å². The molecule has 3 N–H and O–H groups in total. The number of hydrogen-bond donors (Lipinski definition) is 3. The molecule has 0 saturated heterocycles. The molecule has 3 aromatic rings. The van der Waals surface area contributed by atoms with E-state index in [1.54, 1.807) is 41.5 Å². The molecule has 0 spiro atoms. The van der Waals surface area contributed by atoms with E-state index in [4.69, 9.17) is 15.3 Å². The number of rotatable bonds is 0. The summed E-state index contributed by atoms with van der Waals surface area (Å²) < 4.78 is 1.34. The van der Waals surface area contributed by atoms with Crippen LogP contribution in [0.25, 0.3) is 0 Å². The van der Waals surface area contributed by atoms with Gasteiger partial charge in [0.05, 0.1) is 0 Å². The quantitative estimate of drug-likeness (QED) is 0.231. The summed E-state index contributed by atoms with van der Waals surface area (Å²) in [5.74, 6) is -1.07. The van der Waals surface area contributed by atoms with Crippen molar-refractivity contribution >= 4 is 0 Å². The molecule has 13 heteroatoms. The van der Waals surface area contributed by atoms with Crippen molar-refractivity contribution < 1.29 is 46.6 Å². The van der Waals surface area contributed by atoms with Crippen molar-refractivity contribution in [1.82, 2.24) is 15.0 Å². The predicted molar refractivity (Wildman–Crippen MR) is 103 cm³/mol. The summed E-state index contributed by atoms with van der Waals surface area (Å²) >= 11 is 0. The maximum Gasteiger partial charge on any atom is 0.396 e. The molecule has 0 fully saturated rings. The zero-order valence-electron chi connectivity index (χ0n) is 17.8. The zero-order chi connectivity index (χ0) is 23.2. The topological polar surface area (TPSA) is 180 Å². The van der Waals surface area contributed by atoms with Crippen molar-refractivity contribution in [2.75, 3.05) is 0 Å². The predicted octanol–water partition coefficient (Wildman–Crippen LogP) is 0.110. The minimum Gasteiger partial charge on any atom is -0.616 e. The Morgan fingerprint density at radius 2 is 0.742 bits per heavy atom. The van der Waals surface area contributed by atoms with Gasteiger partial charge in [0, 0.05) is 37.8 Å². The molecule has 31 heavy (non-hydrogen) atoms. The Balaban J connectivity index is 0.000000429. The van der Waals surface area contributed by atoms with Gasteiger partial charge < -0.3 is 30.9 Å². The third-order valence-corrected chi connectivity index (χ3v) is 4.23. The first-order chi connectivity index (χ1) is 13.9. The monoisotopic (exact) mass is 476 g/mol. The van der Waals surface area contributed by atoms with Crippen LogP contribution in [0.5, 0.6) is 17.6 Å². The van der Waals surface area contributed by atoms with Crippen LogP contribution in [0.4, 0.5) is 0 Å². The summed E-state index contributed by atoms with van der Waals surface area (Å²) in [6.45, 7) is 9.95. The first-order valence-corrected chi connectivity index (χ1v) is 8.62. The Morgan fingerprint density at radius 3 is 0.903 bits per heavy atom. The Hall–Kier alpha value is -3.44. The van der Waals surface area contributed by atoms with E-state index in [-0.39, 0.29) is 34.7 Å². The van der Waals surface area contributed by atoms with Crippen LogP contribution in [0.15, 0.2) is 18.6 Å². The van der Waals surface area contributed by atoms with Crippen LogP contribution in [-0.2, 0) is 17.1 Å². The third kappa shape index (κ3) is 7.08. The third-order valence-electron chi connectivity index (χ3n) is 4.23. The largest absolute Gasteiger partial charge is 0.616 e. The summed E-state index contributed by atoms with van der Waals surface area (Å²) in [6.07, 6.45) is 3.40. The van der Waals surface area contributed by atoms with Gasteiger partial charge in [-0.15, -0.1) is 14.2 Å². The standard InChI is InChI=1S/3C6H8N2O2.Fe/c3*1-4-5(2)8(10)6(9)3-7-4;/h3*3,9H,1-2H3;. The molecule has 3 heterocycles. The van der Waals surface area contributed by atoms with Crippen molar-refractivity contribution in [3.05, 3.63) is 68.4 Å². The van der Waals surface area contributed by atoms with E-state index >= 15 is 0 Å². The molecule has 0 amide bonds. The first-order valence-electron chi connectivity index (χ1n) is 8.62. The van der Waals surface area contributed by atoms with Crippen molar-refractivity contribution in [2.45, 2.75) is 41.5 Å². The van der Waals surface area contributed by atoms with Crippen LogP contribution >= 0.6 is 0 Å². The fourth-order valence-corrected chi connectivity index (χ4v) is 1.86. The van der Waals surface area contributed by atoms with E-state index in [1.165, 1.54) is 0 Å². The molecule has 3 rings (SSSR count). The van der Waals surface area contributed by atoms with Crippen LogP contribution in [-0.4, -0.2) is 30.3 Å². The minimum absolute atomic E-state index is 0. The van der Waals surface area contributed by atoms with Crippen LogP contribution in [0.2, 0.25) is 0 Å². The number of aryl methyl sites for hydroxylation is 3.